The van der Waals surface area contributed by atoms with Crippen molar-refractivity contribution in [1.82, 2.24) is 19.9 Å². The van der Waals surface area contributed by atoms with Crippen LogP contribution in [0.25, 0.3) is 20.8 Å². The zero-order valence-electron chi connectivity index (χ0n) is 21.8. The molecule has 0 aliphatic heterocycles. The quantitative estimate of drug-likeness (QED) is 0.298. The summed E-state index contributed by atoms with van der Waals surface area (Å²) < 4.78 is 1.08. The van der Waals surface area contributed by atoms with Gasteiger partial charge in [-0.3, -0.25) is 4.98 Å². The summed E-state index contributed by atoms with van der Waals surface area (Å²) in [6.45, 7) is 7.46. The molecule has 5 N–H and O–H groups in total. The lowest BCUT2D eigenvalue weighted by molar-refractivity contribution is -0.0601. The lowest BCUT2D eigenvalue weighted by atomic mass is 9.88. The average Bonchev–Trinajstić information content (AvgIpc) is 3.75. The van der Waals surface area contributed by atoms with Gasteiger partial charge in [-0.25, -0.2) is 9.97 Å². The number of nitrogens with one attached hydrogen (secondary N) is 2. The van der Waals surface area contributed by atoms with Gasteiger partial charge in [-0.15, -0.1) is 11.3 Å². The van der Waals surface area contributed by atoms with Crippen LogP contribution in [0.3, 0.4) is 0 Å². The van der Waals surface area contributed by atoms with Crippen LogP contribution in [0.2, 0.25) is 0 Å². The summed E-state index contributed by atoms with van der Waals surface area (Å²) in [6, 6.07) is 1.79. The first-order valence-corrected chi connectivity index (χ1v) is 14.2. The van der Waals surface area contributed by atoms with Gasteiger partial charge in [0.05, 0.1) is 39.4 Å². The van der Waals surface area contributed by atoms with E-state index < -0.39 is 29.8 Å². The van der Waals surface area contributed by atoms with Crippen LogP contribution in [0.15, 0.2) is 12.3 Å². The van der Waals surface area contributed by atoms with Crippen molar-refractivity contribution < 1.29 is 15.3 Å². The van der Waals surface area contributed by atoms with Crippen molar-refractivity contribution in [3.63, 3.8) is 0 Å². The van der Waals surface area contributed by atoms with Gasteiger partial charge in [0.15, 0.2) is 0 Å². The molecular formula is C27H36N6O3S. The molecule has 3 aliphatic rings. The molecule has 1 unspecified atom stereocenters. The third kappa shape index (κ3) is 4.80. The molecule has 3 aliphatic carbocycles. The Hall–Kier alpha value is -2.40. The minimum atomic E-state index is -1.12. The SMILES string of the molecule is Cc1nc(N[C@H](C)C2CC2)nc(NC2C[C@H](C(C)(C)O)[C@@H](O)[C@H]2O)c1-c1nc2c(C3CC3)nccc2s1. The first kappa shape index (κ1) is 24.9. The van der Waals surface area contributed by atoms with Gasteiger partial charge < -0.3 is 26.0 Å². The fourth-order valence-electron chi connectivity index (χ4n) is 5.61. The highest BCUT2D eigenvalue weighted by atomic mass is 32.1. The summed E-state index contributed by atoms with van der Waals surface area (Å²) in [5.74, 6) is 1.77. The number of hydrogen-bond donors (Lipinski definition) is 5. The smallest absolute Gasteiger partial charge is 0.225 e. The number of fused-ring (bicyclic) bond motifs is 1. The molecule has 0 radical (unpaired) electrons. The molecule has 3 saturated carbocycles. The van der Waals surface area contributed by atoms with Gasteiger partial charge >= 0.3 is 0 Å². The zero-order valence-corrected chi connectivity index (χ0v) is 22.6. The van der Waals surface area contributed by atoms with Crippen molar-refractivity contribution in [2.45, 2.75) is 95.6 Å². The Morgan fingerprint density at radius 2 is 1.84 bits per heavy atom. The Labute approximate surface area is 220 Å². The van der Waals surface area contributed by atoms with Crippen molar-refractivity contribution >= 4 is 33.3 Å². The molecule has 3 fully saturated rings. The number of aliphatic hydroxyl groups is 3. The predicted octanol–water partition coefficient (Wildman–Crippen LogP) is 3.84. The van der Waals surface area contributed by atoms with Crippen LogP contribution in [0, 0.1) is 18.8 Å². The summed E-state index contributed by atoms with van der Waals surface area (Å²) in [5, 5.41) is 39.9. The topological polar surface area (TPSA) is 136 Å². The molecular weight excluding hydrogens is 488 g/mol. The monoisotopic (exact) mass is 524 g/mol. The number of nitrogens with zero attached hydrogens (tertiary/aromatic N) is 4. The Morgan fingerprint density at radius 1 is 1.08 bits per heavy atom. The van der Waals surface area contributed by atoms with Gasteiger partial charge in [0, 0.05) is 24.1 Å². The van der Waals surface area contributed by atoms with Crippen LogP contribution in [-0.4, -0.2) is 65.1 Å². The van der Waals surface area contributed by atoms with E-state index in [0.717, 1.165) is 45.0 Å². The fraction of sp³-hybridized carbons (Fsp3) is 0.630. The first-order chi connectivity index (χ1) is 17.6. The molecule has 37 heavy (non-hydrogen) atoms. The van der Waals surface area contributed by atoms with Gasteiger partial charge in [0.25, 0.3) is 0 Å². The first-order valence-electron chi connectivity index (χ1n) is 13.4. The van der Waals surface area contributed by atoms with E-state index in [4.69, 9.17) is 15.0 Å². The minimum absolute atomic E-state index is 0.270. The van der Waals surface area contributed by atoms with Crippen LogP contribution < -0.4 is 10.6 Å². The molecule has 0 saturated heterocycles. The number of rotatable bonds is 8. The van der Waals surface area contributed by atoms with Gasteiger partial charge in [-0.1, -0.05) is 0 Å². The Kier molecular flexibility index (Phi) is 6.13. The average molecular weight is 525 g/mol. The summed E-state index contributed by atoms with van der Waals surface area (Å²) >= 11 is 1.59. The number of thiazole rings is 1. The van der Waals surface area contributed by atoms with Crippen molar-refractivity contribution in [2.24, 2.45) is 11.8 Å². The van der Waals surface area contributed by atoms with Crippen molar-refractivity contribution in [3.8, 4) is 10.6 Å². The normalized spacial score (nSPS) is 27.0. The minimum Gasteiger partial charge on any atom is -0.390 e. The number of aryl methyl sites for hydroxylation is 1. The van der Waals surface area contributed by atoms with E-state index in [9.17, 15) is 15.3 Å². The van der Waals surface area contributed by atoms with E-state index in [0.29, 0.717) is 30.0 Å². The van der Waals surface area contributed by atoms with Crippen LogP contribution in [0.1, 0.15) is 70.2 Å². The van der Waals surface area contributed by atoms with Crippen molar-refractivity contribution in [3.05, 3.63) is 23.7 Å². The second-order valence-corrected chi connectivity index (χ2v) is 12.7. The molecule has 0 amide bonds. The van der Waals surface area contributed by atoms with Crippen LogP contribution in [-0.2, 0) is 0 Å². The maximum atomic E-state index is 10.9. The standard InChI is InChI=1S/C27H36N6O3S/c1-12(14-5-6-14)29-26-30-13(2)19(25-32-21-18(37-25)9-10-28-20(21)15-7-8-15)24(33-26)31-17-11-16(27(3,4)36)22(34)23(17)35/h9-10,12,14-17,22-23,34-36H,5-8,11H2,1-4H3,(H2,29,30,31,33)/t12-,16+,17?,22-,23+/m1/s1. The molecule has 3 heterocycles. The summed E-state index contributed by atoms with van der Waals surface area (Å²) in [5.41, 5.74) is 2.47. The maximum absolute atomic E-state index is 10.9. The van der Waals surface area contributed by atoms with Gasteiger partial charge in [-0.05, 0) is 71.8 Å². The highest BCUT2D eigenvalue weighted by Gasteiger charge is 2.48. The van der Waals surface area contributed by atoms with Crippen LogP contribution in [0.4, 0.5) is 11.8 Å². The van der Waals surface area contributed by atoms with E-state index in [1.165, 1.54) is 12.8 Å². The van der Waals surface area contributed by atoms with E-state index in [-0.39, 0.29) is 6.04 Å². The molecule has 0 spiro atoms. The van der Waals surface area contributed by atoms with E-state index >= 15 is 0 Å². The second-order valence-electron chi connectivity index (χ2n) is 11.7. The Morgan fingerprint density at radius 3 is 2.49 bits per heavy atom. The number of aliphatic hydroxyl groups excluding tert-OH is 2. The zero-order chi connectivity index (χ0) is 26.1. The maximum Gasteiger partial charge on any atom is 0.225 e. The lowest BCUT2D eigenvalue weighted by Crippen LogP contribution is -2.40. The molecule has 9 nitrogen and oxygen atoms in total. The third-order valence-corrected chi connectivity index (χ3v) is 9.24. The Balaban J connectivity index is 1.40. The summed E-state index contributed by atoms with van der Waals surface area (Å²) in [4.78, 5) is 19.3. The molecule has 0 bridgehead atoms. The van der Waals surface area contributed by atoms with Crippen LogP contribution in [0.5, 0.6) is 0 Å². The summed E-state index contributed by atoms with van der Waals surface area (Å²) in [7, 11) is 0. The molecule has 6 rings (SSSR count). The Bertz CT molecular complexity index is 1320. The van der Waals surface area contributed by atoms with Crippen molar-refractivity contribution in [1.29, 1.82) is 0 Å². The van der Waals surface area contributed by atoms with Crippen molar-refractivity contribution in [2.75, 3.05) is 10.6 Å². The fourth-order valence-corrected chi connectivity index (χ4v) is 6.68. The molecule has 3 aromatic rings. The second kappa shape index (κ2) is 9.11. The highest BCUT2D eigenvalue weighted by molar-refractivity contribution is 7.21. The highest BCUT2D eigenvalue weighted by Crippen LogP contribution is 2.45. The largest absolute Gasteiger partial charge is 0.390 e. The molecule has 0 aromatic carbocycles. The molecule has 198 valence electrons. The number of anilines is 2. The third-order valence-electron chi connectivity index (χ3n) is 8.20. The number of aromatic nitrogens is 4. The van der Waals surface area contributed by atoms with E-state index in [2.05, 4.69) is 22.5 Å². The molecule has 3 aromatic heterocycles. The summed E-state index contributed by atoms with van der Waals surface area (Å²) in [6.07, 6.45) is 4.92. The van der Waals surface area contributed by atoms with E-state index in [1.54, 1.807) is 25.2 Å². The predicted molar refractivity (Wildman–Crippen MR) is 145 cm³/mol. The number of pyridine rings is 1. The number of hydrogen-bond acceptors (Lipinski definition) is 10. The molecule has 10 heteroatoms. The van der Waals surface area contributed by atoms with Gasteiger partial charge in [0.2, 0.25) is 5.95 Å². The van der Waals surface area contributed by atoms with E-state index in [1.807, 2.05) is 19.2 Å². The van der Waals surface area contributed by atoms with Crippen LogP contribution >= 0.6 is 11.3 Å². The van der Waals surface area contributed by atoms with Gasteiger partial charge in [0.1, 0.15) is 22.4 Å². The lowest BCUT2D eigenvalue weighted by Gasteiger charge is -2.28. The molecule has 5 atom stereocenters. The van der Waals surface area contributed by atoms with Gasteiger partial charge in [-0.2, -0.15) is 4.98 Å².